The molecule has 0 heterocycles. The normalized spacial score (nSPS) is 11.3. The molecule has 0 N–H and O–H groups in total. The van der Waals surface area contributed by atoms with Gasteiger partial charge in [-0.25, -0.2) is 0 Å². The Hall–Kier alpha value is -1.80. The van der Waals surface area contributed by atoms with Crippen LogP contribution in [0.4, 0.5) is 0 Å². The zero-order valence-corrected chi connectivity index (χ0v) is 15.0. The van der Waals surface area contributed by atoms with Gasteiger partial charge < -0.3 is 4.90 Å². The summed E-state index contributed by atoms with van der Waals surface area (Å²) < 4.78 is 0. The highest BCUT2D eigenvalue weighted by atomic mass is 35.5. The standard InChI is InChI=1S/C20H24ClNO/c1-20(2,3)17-9-5-16(6-10-17)14-22(4)19(23)13-15-7-11-18(21)12-8-15/h5-12H,13-14H2,1-4H3. The van der Waals surface area contributed by atoms with E-state index >= 15 is 0 Å². The van der Waals surface area contributed by atoms with Gasteiger partial charge in [0.2, 0.25) is 5.91 Å². The van der Waals surface area contributed by atoms with Gasteiger partial charge in [-0.3, -0.25) is 4.79 Å². The van der Waals surface area contributed by atoms with Gasteiger partial charge in [0.1, 0.15) is 0 Å². The maximum absolute atomic E-state index is 12.3. The molecule has 0 saturated carbocycles. The fourth-order valence-corrected chi connectivity index (χ4v) is 2.51. The van der Waals surface area contributed by atoms with Crippen LogP contribution in [0.15, 0.2) is 48.5 Å². The Balaban J connectivity index is 1.96. The van der Waals surface area contributed by atoms with E-state index in [4.69, 9.17) is 11.6 Å². The molecule has 0 fully saturated rings. The van der Waals surface area contributed by atoms with Crippen LogP contribution in [-0.4, -0.2) is 17.9 Å². The van der Waals surface area contributed by atoms with Crippen molar-refractivity contribution in [2.75, 3.05) is 7.05 Å². The maximum atomic E-state index is 12.3. The van der Waals surface area contributed by atoms with E-state index in [0.717, 1.165) is 11.1 Å². The largest absolute Gasteiger partial charge is 0.341 e. The number of likely N-dealkylation sites (N-methyl/N-ethyl adjacent to an activating group) is 1. The van der Waals surface area contributed by atoms with E-state index in [2.05, 4.69) is 45.0 Å². The van der Waals surface area contributed by atoms with Crippen molar-refractivity contribution in [1.82, 2.24) is 4.90 Å². The van der Waals surface area contributed by atoms with E-state index in [1.165, 1.54) is 5.56 Å². The number of carbonyl (C=O) groups is 1. The first-order valence-corrected chi connectivity index (χ1v) is 8.21. The maximum Gasteiger partial charge on any atom is 0.227 e. The lowest BCUT2D eigenvalue weighted by Crippen LogP contribution is -2.27. The topological polar surface area (TPSA) is 20.3 Å². The van der Waals surface area contributed by atoms with E-state index in [-0.39, 0.29) is 11.3 Å². The van der Waals surface area contributed by atoms with Gasteiger partial charge in [-0.1, -0.05) is 68.8 Å². The van der Waals surface area contributed by atoms with Crippen molar-refractivity contribution in [2.45, 2.75) is 39.2 Å². The summed E-state index contributed by atoms with van der Waals surface area (Å²) in [7, 11) is 1.84. The lowest BCUT2D eigenvalue weighted by Gasteiger charge is -2.21. The minimum atomic E-state index is 0.104. The summed E-state index contributed by atoms with van der Waals surface area (Å²) in [4.78, 5) is 14.1. The Morgan fingerprint density at radius 1 is 0.957 bits per heavy atom. The molecular weight excluding hydrogens is 306 g/mol. The molecule has 0 aliphatic rings. The second kappa shape index (κ2) is 7.18. The smallest absolute Gasteiger partial charge is 0.227 e. The van der Waals surface area contributed by atoms with Crippen LogP contribution in [0.25, 0.3) is 0 Å². The molecule has 2 rings (SSSR count). The van der Waals surface area contributed by atoms with Gasteiger partial charge in [-0.2, -0.15) is 0 Å². The molecule has 23 heavy (non-hydrogen) atoms. The minimum absolute atomic E-state index is 0.104. The molecule has 0 spiro atoms. The Kier molecular flexibility index (Phi) is 5.48. The van der Waals surface area contributed by atoms with E-state index in [1.807, 2.05) is 31.3 Å². The quantitative estimate of drug-likeness (QED) is 0.786. The molecule has 2 aromatic rings. The summed E-state index contributed by atoms with van der Waals surface area (Å²) in [6.45, 7) is 7.22. The van der Waals surface area contributed by atoms with Gasteiger partial charge >= 0.3 is 0 Å². The monoisotopic (exact) mass is 329 g/mol. The van der Waals surface area contributed by atoms with Crippen molar-refractivity contribution in [2.24, 2.45) is 0 Å². The third-order valence-corrected chi connectivity index (χ3v) is 4.19. The first-order valence-electron chi connectivity index (χ1n) is 7.83. The molecule has 2 nitrogen and oxygen atoms in total. The van der Waals surface area contributed by atoms with Crippen LogP contribution in [-0.2, 0) is 23.2 Å². The molecule has 0 aliphatic carbocycles. The molecule has 0 atom stereocenters. The molecule has 2 aromatic carbocycles. The lowest BCUT2D eigenvalue weighted by molar-refractivity contribution is -0.129. The molecular formula is C20H24ClNO. The first-order chi connectivity index (χ1) is 10.8. The zero-order chi connectivity index (χ0) is 17.0. The Bertz CT molecular complexity index is 654. The number of benzene rings is 2. The highest BCUT2D eigenvalue weighted by molar-refractivity contribution is 6.30. The second-order valence-corrected chi connectivity index (χ2v) is 7.44. The van der Waals surface area contributed by atoms with Crippen molar-refractivity contribution in [1.29, 1.82) is 0 Å². The fraction of sp³-hybridized carbons (Fsp3) is 0.350. The Morgan fingerprint density at radius 2 is 1.48 bits per heavy atom. The highest BCUT2D eigenvalue weighted by Gasteiger charge is 2.14. The molecule has 0 saturated heterocycles. The minimum Gasteiger partial charge on any atom is -0.341 e. The van der Waals surface area contributed by atoms with Crippen molar-refractivity contribution in [3.05, 3.63) is 70.2 Å². The Labute approximate surface area is 144 Å². The third kappa shape index (κ3) is 5.11. The summed E-state index contributed by atoms with van der Waals surface area (Å²) in [6.07, 6.45) is 0.397. The van der Waals surface area contributed by atoms with Crippen LogP contribution in [0.1, 0.15) is 37.5 Å². The Morgan fingerprint density at radius 3 is 2.00 bits per heavy atom. The van der Waals surface area contributed by atoms with Gasteiger partial charge in [0.15, 0.2) is 0 Å². The molecule has 0 aliphatic heterocycles. The van der Waals surface area contributed by atoms with Gasteiger partial charge in [-0.15, -0.1) is 0 Å². The SMILES string of the molecule is CN(Cc1ccc(C(C)(C)C)cc1)C(=O)Cc1ccc(Cl)cc1. The molecule has 0 aromatic heterocycles. The van der Waals surface area contributed by atoms with Crippen LogP contribution in [0.3, 0.4) is 0 Å². The zero-order valence-electron chi connectivity index (χ0n) is 14.3. The molecule has 0 bridgehead atoms. The van der Waals surface area contributed by atoms with E-state index in [9.17, 15) is 4.79 Å². The number of nitrogens with zero attached hydrogens (tertiary/aromatic N) is 1. The predicted octanol–water partition coefficient (Wildman–Crippen LogP) is 4.84. The lowest BCUT2D eigenvalue weighted by atomic mass is 9.87. The average Bonchev–Trinajstić information content (AvgIpc) is 2.49. The van der Waals surface area contributed by atoms with E-state index in [1.54, 1.807) is 4.90 Å². The molecule has 3 heteroatoms. The number of carbonyl (C=O) groups excluding carboxylic acids is 1. The summed E-state index contributed by atoms with van der Waals surface area (Å²) >= 11 is 5.87. The van der Waals surface area contributed by atoms with Crippen molar-refractivity contribution in [3.8, 4) is 0 Å². The molecule has 122 valence electrons. The summed E-state index contributed by atoms with van der Waals surface area (Å²) in [5.41, 5.74) is 3.57. The molecule has 0 unspecified atom stereocenters. The van der Waals surface area contributed by atoms with Crippen molar-refractivity contribution < 1.29 is 4.79 Å². The van der Waals surface area contributed by atoms with Crippen LogP contribution < -0.4 is 0 Å². The fourth-order valence-electron chi connectivity index (χ4n) is 2.38. The number of rotatable bonds is 4. The van der Waals surface area contributed by atoms with Crippen LogP contribution in [0.2, 0.25) is 5.02 Å². The summed E-state index contributed by atoms with van der Waals surface area (Å²) in [5, 5.41) is 0.688. The average molecular weight is 330 g/mol. The first kappa shape index (κ1) is 17.6. The summed E-state index contributed by atoms with van der Waals surface area (Å²) in [5.74, 6) is 0.104. The number of amides is 1. The predicted molar refractivity (Wildman–Crippen MR) is 96.8 cm³/mol. The third-order valence-electron chi connectivity index (χ3n) is 3.93. The highest BCUT2D eigenvalue weighted by Crippen LogP contribution is 2.22. The van der Waals surface area contributed by atoms with Crippen LogP contribution >= 0.6 is 11.6 Å². The number of hydrogen-bond donors (Lipinski definition) is 0. The summed E-state index contributed by atoms with van der Waals surface area (Å²) in [6, 6.07) is 15.9. The van der Waals surface area contributed by atoms with Crippen LogP contribution in [0, 0.1) is 0 Å². The van der Waals surface area contributed by atoms with E-state index < -0.39 is 0 Å². The van der Waals surface area contributed by atoms with Gasteiger partial charge in [0.25, 0.3) is 0 Å². The van der Waals surface area contributed by atoms with E-state index in [0.29, 0.717) is 18.0 Å². The number of halogens is 1. The van der Waals surface area contributed by atoms with Gasteiger partial charge in [-0.05, 0) is 34.2 Å². The van der Waals surface area contributed by atoms with Gasteiger partial charge in [0.05, 0.1) is 6.42 Å². The number of hydrogen-bond acceptors (Lipinski definition) is 1. The van der Waals surface area contributed by atoms with Crippen molar-refractivity contribution in [3.63, 3.8) is 0 Å². The molecule has 1 amide bonds. The van der Waals surface area contributed by atoms with Crippen molar-refractivity contribution >= 4 is 17.5 Å². The molecule has 0 radical (unpaired) electrons. The van der Waals surface area contributed by atoms with Gasteiger partial charge in [0, 0.05) is 18.6 Å². The van der Waals surface area contributed by atoms with Crippen LogP contribution in [0.5, 0.6) is 0 Å². The second-order valence-electron chi connectivity index (χ2n) is 7.00.